The summed E-state index contributed by atoms with van der Waals surface area (Å²) in [4.78, 5) is 19.1. The van der Waals surface area contributed by atoms with Crippen LogP contribution in [0.5, 0.6) is 0 Å². The van der Waals surface area contributed by atoms with Crippen molar-refractivity contribution in [3.63, 3.8) is 0 Å². The van der Waals surface area contributed by atoms with Crippen molar-refractivity contribution in [3.05, 3.63) is 0 Å². The number of morpholine rings is 1. The third kappa shape index (κ3) is 12.1. The van der Waals surface area contributed by atoms with Crippen LogP contribution in [0.3, 0.4) is 0 Å². The molecule has 168 valence electrons. The molecule has 0 amide bonds. The van der Waals surface area contributed by atoms with Crippen molar-refractivity contribution in [1.82, 2.24) is 4.90 Å². The van der Waals surface area contributed by atoms with Crippen LogP contribution in [0.2, 0.25) is 0 Å². The van der Waals surface area contributed by atoms with Crippen LogP contribution in [0.1, 0.15) is 19.8 Å². The standard InChI is InChI=1S/C14H21N4O4.F5P.FH/c1-2-21-13(19)12(11-15)16-22-14(17-5-3-4-6-17)18-7-9-20-10-8-18;1-6(2,3,4)5;/h2-10H2,1H3;;1H/q+1;;/p-1/b16-12+;;. The van der Waals surface area contributed by atoms with Crippen LogP contribution in [0, 0.1) is 11.3 Å². The Balaban J connectivity index is 0.000000981. The number of hydrogen-bond donors (Lipinski definition) is 0. The van der Waals surface area contributed by atoms with Gasteiger partial charge in [-0.05, 0) is 19.8 Å². The zero-order valence-corrected chi connectivity index (χ0v) is 16.4. The number of halogens is 6. The fraction of sp³-hybridized carbons (Fsp3) is 0.714. The number of amidine groups is 1. The molecule has 0 spiro atoms. The van der Waals surface area contributed by atoms with Crippen molar-refractivity contribution in [2.45, 2.75) is 19.8 Å². The van der Waals surface area contributed by atoms with Crippen LogP contribution in [0.15, 0.2) is 5.16 Å². The summed E-state index contributed by atoms with van der Waals surface area (Å²) in [7, 11) is -8.55. The zero-order chi connectivity index (χ0) is 21.2. The van der Waals surface area contributed by atoms with Gasteiger partial charge in [0.25, 0.3) is 5.71 Å². The molecule has 29 heavy (non-hydrogen) atoms. The van der Waals surface area contributed by atoms with E-state index < -0.39 is 14.1 Å². The van der Waals surface area contributed by atoms with Crippen molar-refractivity contribution in [1.29, 1.82) is 5.26 Å². The molecular formula is C14H21F6N4O4P. The molecule has 0 aromatic carbocycles. The molecule has 0 unspecified atom stereocenters. The fourth-order valence-corrected chi connectivity index (χ4v) is 2.37. The summed E-state index contributed by atoms with van der Waals surface area (Å²) in [6.45, 7) is 6.24. The normalized spacial score (nSPS) is 18.2. The number of ether oxygens (including phenoxy) is 2. The van der Waals surface area contributed by atoms with E-state index in [2.05, 4.69) is 9.73 Å². The molecule has 15 heteroatoms. The van der Waals surface area contributed by atoms with E-state index in [4.69, 9.17) is 19.6 Å². The van der Waals surface area contributed by atoms with Gasteiger partial charge in [-0.15, -0.1) is 0 Å². The molecule has 0 bridgehead atoms. The monoisotopic (exact) mass is 454 g/mol. The van der Waals surface area contributed by atoms with Crippen LogP contribution in [-0.4, -0.2) is 73.2 Å². The number of hydrogen-bond acceptors (Lipinski definition) is 6. The molecule has 2 rings (SSSR count). The van der Waals surface area contributed by atoms with Gasteiger partial charge in [-0.1, -0.05) is 5.16 Å². The van der Waals surface area contributed by atoms with Gasteiger partial charge in [0, 0.05) is 0 Å². The number of esters is 1. The third-order valence-electron chi connectivity index (χ3n) is 3.45. The summed E-state index contributed by atoms with van der Waals surface area (Å²) in [5.41, 5.74) is -0.383. The number of carbonyl (C=O) groups excluding carboxylic acids is 1. The van der Waals surface area contributed by atoms with Gasteiger partial charge in [-0.2, -0.15) is 5.26 Å². The van der Waals surface area contributed by atoms with E-state index in [1.807, 2.05) is 4.90 Å². The summed E-state index contributed by atoms with van der Waals surface area (Å²) in [6.07, 6.45) is 2.17. The van der Waals surface area contributed by atoms with E-state index in [1.54, 1.807) is 13.0 Å². The molecule has 0 radical (unpaired) electrons. The largest absolute Gasteiger partial charge is 1.00 e. The molecule has 2 aliphatic rings. The molecule has 0 atom stereocenters. The second-order valence-electron chi connectivity index (χ2n) is 5.58. The molecule has 2 aliphatic heterocycles. The van der Waals surface area contributed by atoms with E-state index in [1.165, 1.54) is 0 Å². The topological polar surface area (TPSA) is 87.2 Å². The molecule has 0 aliphatic carbocycles. The first-order chi connectivity index (χ1) is 13.0. The van der Waals surface area contributed by atoms with Gasteiger partial charge in [0.1, 0.15) is 19.2 Å². The summed E-state index contributed by atoms with van der Waals surface area (Å²) < 4.78 is 61.4. The number of oxime groups is 1. The number of carbonyl (C=O) groups is 1. The second-order valence-corrected chi connectivity index (χ2v) is 6.86. The van der Waals surface area contributed by atoms with E-state index in [-0.39, 0.29) is 17.0 Å². The third-order valence-corrected chi connectivity index (χ3v) is 3.45. The Kier molecular flexibility index (Phi) is 10.9. The van der Waals surface area contributed by atoms with Gasteiger partial charge >= 0.3 is 41.1 Å². The maximum absolute atomic E-state index is 11.6. The average Bonchev–Trinajstić information content (AvgIpc) is 3.12. The van der Waals surface area contributed by atoms with E-state index in [0.29, 0.717) is 32.3 Å². The summed E-state index contributed by atoms with van der Waals surface area (Å²) in [6, 6.07) is 2.29. The molecule has 8 nitrogen and oxygen atoms in total. The van der Waals surface area contributed by atoms with Gasteiger partial charge in [-0.25, -0.2) is 14.3 Å². The van der Waals surface area contributed by atoms with E-state index in [0.717, 1.165) is 25.9 Å². The predicted molar refractivity (Wildman–Crippen MR) is 89.9 cm³/mol. The Labute approximate surface area is 163 Å². The smallest absolute Gasteiger partial charge is 1.00 e. The number of nitrogens with zero attached hydrogens (tertiary/aromatic N) is 4. The summed E-state index contributed by atoms with van der Waals surface area (Å²) in [5, 5.41) is 12.7. The van der Waals surface area contributed by atoms with Crippen LogP contribution >= 0.6 is 8.16 Å². The molecule has 2 saturated heterocycles. The van der Waals surface area contributed by atoms with E-state index in [9.17, 15) is 25.8 Å². The van der Waals surface area contributed by atoms with Crippen molar-refractivity contribution in [3.8, 4) is 6.07 Å². The Morgan fingerprint density at radius 3 is 2.17 bits per heavy atom. The van der Waals surface area contributed by atoms with Gasteiger partial charge in [0.2, 0.25) is 0 Å². The fourth-order valence-electron chi connectivity index (χ4n) is 2.37. The van der Waals surface area contributed by atoms with Gasteiger partial charge in [0.15, 0.2) is 0 Å². The van der Waals surface area contributed by atoms with E-state index >= 15 is 0 Å². The zero-order valence-electron chi connectivity index (χ0n) is 15.5. The number of rotatable bonds is 3. The van der Waals surface area contributed by atoms with Crippen LogP contribution in [0.4, 0.5) is 21.0 Å². The molecule has 0 N–H and O–H groups in total. The average molecular weight is 454 g/mol. The SMILES string of the molecule is CCOC(=O)/C(C#N)=N/OC(N1CCOCC1)=[N+]1CCCC1.FP(F)(F)(F)F.[F-]. The first-order valence-electron chi connectivity index (χ1n) is 8.37. The number of nitriles is 1. The Bertz CT molecular complexity index is 632. The molecule has 0 aromatic heterocycles. The Hall–Kier alpha value is -2.13. The van der Waals surface area contributed by atoms with Crippen molar-refractivity contribution in [2.24, 2.45) is 5.16 Å². The van der Waals surface area contributed by atoms with Crippen LogP contribution < -0.4 is 4.70 Å². The first kappa shape index (κ1) is 26.9. The van der Waals surface area contributed by atoms with Gasteiger partial charge in [-0.3, -0.25) is 4.84 Å². The van der Waals surface area contributed by atoms with Gasteiger partial charge in [0.05, 0.1) is 32.9 Å². The maximum atomic E-state index is 11.6. The van der Waals surface area contributed by atoms with Crippen molar-refractivity contribution < 1.29 is 49.4 Å². The Morgan fingerprint density at radius 2 is 1.72 bits per heavy atom. The molecule has 0 saturated carbocycles. The second kappa shape index (κ2) is 11.8. The minimum atomic E-state index is -8.55. The quantitative estimate of drug-likeness (QED) is 0.113. The van der Waals surface area contributed by atoms with Gasteiger partial charge < -0.3 is 14.2 Å². The van der Waals surface area contributed by atoms with Crippen LogP contribution in [-0.2, 0) is 19.1 Å². The molecular weight excluding hydrogens is 433 g/mol. The molecule has 0 aromatic rings. The summed E-state index contributed by atoms with van der Waals surface area (Å²) in [5.74, 6) is -0.771. The first-order valence-corrected chi connectivity index (χ1v) is 10.1. The van der Waals surface area contributed by atoms with Crippen LogP contribution in [0.25, 0.3) is 0 Å². The molecule has 2 fully saturated rings. The van der Waals surface area contributed by atoms with Crippen molar-refractivity contribution in [2.75, 3.05) is 46.0 Å². The minimum absolute atomic E-state index is 0. The molecule has 2 heterocycles. The maximum Gasteiger partial charge on any atom is -1.00 e. The minimum Gasteiger partial charge on any atom is -1.00 e. The van der Waals surface area contributed by atoms with Crippen molar-refractivity contribution >= 4 is 25.9 Å². The Morgan fingerprint density at radius 1 is 1.21 bits per heavy atom. The predicted octanol–water partition coefficient (Wildman–Crippen LogP) is -0.0936. The summed E-state index contributed by atoms with van der Waals surface area (Å²) >= 11 is 0.